The molecule has 0 aliphatic rings. The van der Waals surface area contributed by atoms with Crippen molar-refractivity contribution in [1.29, 1.82) is 0 Å². The second kappa shape index (κ2) is 9.40. The number of thioether (sulfide) groups is 1. The maximum absolute atomic E-state index is 5.18. The van der Waals surface area contributed by atoms with E-state index in [2.05, 4.69) is 50.4 Å². The topological polar surface area (TPSA) is 21.3 Å². The molecule has 0 heterocycles. The fourth-order valence-corrected chi connectivity index (χ4v) is 3.16. The standard InChI is InChI=1S/C16H27NOS/c1-5-17-16(14(3)10-11-18-4)12-19-15-8-6-13(2)7-9-15/h6-9,14,16-17H,5,10-12H2,1-4H3. The number of aryl methyl sites for hydroxylation is 1. The average molecular weight is 281 g/mol. The van der Waals surface area contributed by atoms with Gasteiger partial charge in [-0.3, -0.25) is 0 Å². The Kier molecular flexibility index (Phi) is 8.19. The van der Waals surface area contributed by atoms with E-state index in [4.69, 9.17) is 4.74 Å². The highest BCUT2D eigenvalue weighted by atomic mass is 32.2. The van der Waals surface area contributed by atoms with Gasteiger partial charge in [-0.2, -0.15) is 0 Å². The predicted molar refractivity (Wildman–Crippen MR) is 85.0 cm³/mol. The average Bonchev–Trinajstić information content (AvgIpc) is 2.42. The zero-order valence-corrected chi connectivity index (χ0v) is 13.4. The SMILES string of the molecule is CCNC(CSc1ccc(C)cc1)C(C)CCOC. The minimum Gasteiger partial charge on any atom is -0.385 e. The Bertz CT molecular complexity index is 339. The van der Waals surface area contributed by atoms with Gasteiger partial charge in [-0.15, -0.1) is 11.8 Å². The highest BCUT2D eigenvalue weighted by Crippen LogP contribution is 2.22. The smallest absolute Gasteiger partial charge is 0.0465 e. The van der Waals surface area contributed by atoms with E-state index >= 15 is 0 Å². The maximum atomic E-state index is 5.18. The molecular formula is C16H27NOS. The van der Waals surface area contributed by atoms with E-state index in [-0.39, 0.29) is 0 Å². The van der Waals surface area contributed by atoms with Crippen LogP contribution >= 0.6 is 11.8 Å². The van der Waals surface area contributed by atoms with Crippen LogP contribution in [-0.4, -0.2) is 32.1 Å². The van der Waals surface area contributed by atoms with Crippen LogP contribution in [0.25, 0.3) is 0 Å². The van der Waals surface area contributed by atoms with E-state index in [0.717, 1.165) is 25.3 Å². The van der Waals surface area contributed by atoms with Crippen molar-refractivity contribution in [2.45, 2.75) is 38.1 Å². The summed E-state index contributed by atoms with van der Waals surface area (Å²) in [6, 6.07) is 9.33. The molecule has 0 aliphatic carbocycles. The third-order valence-electron chi connectivity index (χ3n) is 3.38. The molecule has 0 amide bonds. The number of methoxy groups -OCH3 is 1. The Hall–Kier alpha value is -0.510. The normalized spacial score (nSPS) is 14.3. The van der Waals surface area contributed by atoms with Crippen LogP contribution in [0.15, 0.2) is 29.2 Å². The van der Waals surface area contributed by atoms with Crippen molar-refractivity contribution in [1.82, 2.24) is 5.32 Å². The Balaban J connectivity index is 2.46. The third kappa shape index (κ3) is 6.46. The number of ether oxygens (including phenoxy) is 1. The highest BCUT2D eigenvalue weighted by Gasteiger charge is 2.16. The number of nitrogens with one attached hydrogen (secondary N) is 1. The van der Waals surface area contributed by atoms with Gasteiger partial charge in [-0.25, -0.2) is 0 Å². The van der Waals surface area contributed by atoms with Crippen LogP contribution in [0.5, 0.6) is 0 Å². The molecule has 2 unspecified atom stereocenters. The van der Waals surface area contributed by atoms with Crippen molar-refractivity contribution in [2.24, 2.45) is 5.92 Å². The summed E-state index contributed by atoms with van der Waals surface area (Å²) in [6.07, 6.45) is 1.11. The first-order valence-electron chi connectivity index (χ1n) is 7.09. The predicted octanol–water partition coefficient (Wildman–Crippen LogP) is 3.74. The Morgan fingerprint density at radius 2 is 1.95 bits per heavy atom. The fourth-order valence-electron chi connectivity index (χ4n) is 2.01. The molecule has 0 bridgehead atoms. The molecule has 0 radical (unpaired) electrons. The van der Waals surface area contributed by atoms with Gasteiger partial charge in [0.1, 0.15) is 0 Å². The molecule has 1 aromatic rings. The Morgan fingerprint density at radius 1 is 1.26 bits per heavy atom. The first kappa shape index (κ1) is 16.5. The number of benzene rings is 1. The number of rotatable bonds is 9. The second-order valence-corrected chi connectivity index (χ2v) is 6.14. The molecule has 2 nitrogen and oxygen atoms in total. The van der Waals surface area contributed by atoms with Crippen LogP contribution in [0.3, 0.4) is 0 Å². The van der Waals surface area contributed by atoms with Crippen molar-refractivity contribution in [3.63, 3.8) is 0 Å². The lowest BCUT2D eigenvalue weighted by molar-refractivity contribution is 0.172. The van der Waals surface area contributed by atoms with Gasteiger partial charge >= 0.3 is 0 Å². The molecule has 1 N–H and O–H groups in total. The van der Waals surface area contributed by atoms with E-state index in [1.54, 1.807) is 7.11 Å². The van der Waals surface area contributed by atoms with E-state index in [1.165, 1.54) is 10.5 Å². The quantitative estimate of drug-likeness (QED) is 0.697. The Morgan fingerprint density at radius 3 is 2.53 bits per heavy atom. The van der Waals surface area contributed by atoms with Crippen LogP contribution in [-0.2, 0) is 4.74 Å². The van der Waals surface area contributed by atoms with Crippen molar-refractivity contribution >= 4 is 11.8 Å². The van der Waals surface area contributed by atoms with E-state index in [9.17, 15) is 0 Å². The number of hydrogen-bond acceptors (Lipinski definition) is 3. The van der Waals surface area contributed by atoms with E-state index < -0.39 is 0 Å². The van der Waals surface area contributed by atoms with Crippen LogP contribution in [0.1, 0.15) is 25.8 Å². The molecule has 108 valence electrons. The summed E-state index contributed by atoms with van der Waals surface area (Å²) in [7, 11) is 1.77. The monoisotopic (exact) mass is 281 g/mol. The van der Waals surface area contributed by atoms with E-state index in [0.29, 0.717) is 12.0 Å². The van der Waals surface area contributed by atoms with Crippen molar-refractivity contribution in [3.8, 4) is 0 Å². The van der Waals surface area contributed by atoms with Gasteiger partial charge in [0.25, 0.3) is 0 Å². The van der Waals surface area contributed by atoms with Crippen molar-refractivity contribution < 1.29 is 4.74 Å². The molecule has 0 aliphatic heterocycles. The first-order chi connectivity index (χ1) is 9.17. The van der Waals surface area contributed by atoms with Gasteiger partial charge in [0.05, 0.1) is 0 Å². The molecule has 0 saturated heterocycles. The molecular weight excluding hydrogens is 254 g/mol. The molecule has 0 saturated carbocycles. The number of hydrogen-bond donors (Lipinski definition) is 1. The minimum absolute atomic E-state index is 0.548. The van der Waals surface area contributed by atoms with Crippen LogP contribution in [0.4, 0.5) is 0 Å². The molecule has 0 fully saturated rings. The lowest BCUT2D eigenvalue weighted by Crippen LogP contribution is -2.37. The van der Waals surface area contributed by atoms with E-state index in [1.807, 2.05) is 11.8 Å². The Labute approximate surface area is 122 Å². The molecule has 1 rings (SSSR count). The van der Waals surface area contributed by atoms with Crippen LogP contribution < -0.4 is 5.32 Å². The fraction of sp³-hybridized carbons (Fsp3) is 0.625. The molecule has 19 heavy (non-hydrogen) atoms. The van der Waals surface area contributed by atoms with Gasteiger partial charge < -0.3 is 10.1 Å². The summed E-state index contributed by atoms with van der Waals surface area (Å²) in [5.41, 5.74) is 1.32. The van der Waals surface area contributed by atoms with Gasteiger partial charge in [0.2, 0.25) is 0 Å². The highest BCUT2D eigenvalue weighted by molar-refractivity contribution is 7.99. The summed E-state index contributed by atoms with van der Waals surface area (Å²) >= 11 is 1.94. The summed E-state index contributed by atoms with van der Waals surface area (Å²) in [5, 5.41) is 3.60. The van der Waals surface area contributed by atoms with Gasteiger partial charge in [0.15, 0.2) is 0 Å². The van der Waals surface area contributed by atoms with Gasteiger partial charge in [-0.1, -0.05) is 31.5 Å². The lowest BCUT2D eigenvalue weighted by atomic mass is 10.0. The third-order valence-corrected chi connectivity index (χ3v) is 4.51. The molecule has 1 aromatic carbocycles. The molecule has 0 spiro atoms. The van der Waals surface area contributed by atoms with Crippen molar-refractivity contribution in [2.75, 3.05) is 26.0 Å². The summed E-state index contributed by atoms with van der Waals surface area (Å²) in [4.78, 5) is 1.35. The second-order valence-electron chi connectivity index (χ2n) is 5.05. The molecule has 3 heteroatoms. The molecule has 2 atom stereocenters. The van der Waals surface area contributed by atoms with Crippen molar-refractivity contribution in [3.05, 3.63) is 29.8 Å². The minimum atomic E-state index is 0.548. The first-order valence-corrected chi connectivity index (χ1v) is 8.07. The summed E-state index contributed by atoms with van der Waals surface area (Å²) < 4.78 is 5.18. The van der Waals surface area contributed by atoms with Gasteiger partial charge in [-0.05, 0) is 37.9 Å². The lowest BCUT2D eigenvalue weighted by Gasteiger charge is -2.24. The van der Waals surface area contributed by atoms with Gasteiger partial charge in [0, 0.05) is 30.4 Å². The molecule has 0 aromatic heterocycles. The zero-order valence-electron chi connectivity index (χ0n) is 12.6. The summed E-state index contributed by atoms with van der Waals surface area (Å²) in [5.74, 6) is 1.75. The zero-order chi connectivity index (χ0) is 14.1. The van der Waals surface area contributed by atoms with Crippen LogP contribution in [0.2, 0.25) is 0 Å². The van der Waals surface area contributed by atoms with Crippen LogP contribution in [0, 0.1) is 12.8 Å². The largest absolute Gasteiger partial charge is 0.385 e. The summed E-state index contributed by atoms with van der Waals surface area (Å²) in [6.45, 7) is 8.48. The maximum Gasteiger partial charge on any atom is 0.0465 e.